The van der Waals surface area contributed by atoms with Crippen molar-refractivity contribution in [3.63, 3.8) is 0 Å². The van der Waals surface area contributed by atoms with Crippen LogP contribution in [-0.4, -0.2) is 13.1 Å². The van der Waals surface area contributed by atoms with Gasteiger partial charge < -0.3 is 5.32 Å². The molecule has 0 spiro atoms. The monoisotopic (exact) mass is 231 g/mol. The Bertz CT molecular complexity index is 345. The van der Waals surface area contributed by atoms with E-state index in [4.69, 9.17) is 0 Å². The summed E-state index contributed by atoms with van der Waals surface area (Å²) in [5.41, 5.74) is 3.01. The first-order valence-electron chi connectivity index (χ1n) is 7.01. The van der Waals surface area contributed by atoms with E-state index in [1.54, 1.807) is 5.56 Å². The SMILES string of the molecule is CNC1CCCCC(Cc2ccccc2C)C1. The van der Waals surface area contributed by atoms with Gasteiger partial charge in [0, 0.05) is 6.04 Å². The highest BCUT2D eigenvalue weighted by Gasteiger charge is 2.19. The summed E-state index contributed by atoms with van der Waals surface area (Å²) >= 11 is 0. The van der Waals surface area contributed by atoms with Crippen molar-refractivity contribution in [2.45, 2.75) is 51.5 Å². The second kappa shape index (κ2) is 6.20. The van der Waals surface area contributed by atoms with Gasteiger partial charge in [-0.05, 0) is 50.3 Å². The molecule has 0 heterocycles. The van der Waals surface area contributed by atoms with Crippen LogP contribution in [0.4, 0.5) is 0 Å². The zero-order chi connectivity index (χ0) is 12.1. The van der Waals surface area contributed by atoms with Crippen LogP contribution in [0.15, 0.2) is 24.3 Å². The summed E-state index contributed by atoms with van der Waals surface area (Å²) in [5, 5.41) is 3.47. The van der Waals surface area contributed by atoms with Gasteiger partial charge in [0.05, 0.1) is 0 Å². The molecule has 1 nitrogen and oxygen atoms in total. The molecule has 2 rings (SSSR count). The van der Waals surface area contributed by atoms with Gasteiger partial charge in [-0.25, -0.2) is 0 Å². The highest BCUT2D eigenvalue weighted by Crippen LogP contribution is 2.27. The Morgan fingerprint density at radius 1 is 1.18 bits per heavy atom. The van der Waals surface area contributed by atoms with Crippen LogP contribution < -0.4 is 5.32 Å². The zero-order valence-corrected chi connectivity index (χ0v) is 11.2. The van der Waals surface area contributed by atoms with E-state index in [1.165, 1.54) is 44.1 Å². The smallest absolute Gasteiger partial charge is 0.00668 e. The lowest BCUT2D eigenvalue weighted by Gasteiger charge is -2.20. The van der Waals surface area contributed by atoms with E-state index in [0.29, 0.717) is 0 Å². The predicted octanol–water partition coefficient (Wildman–Crippen LogP) is 3.71. The Morgan fingerprint density at radius 3 is 2.71 bits per heavy atom. The Hall–Kier alpha value is -0.820. The predicted molar refractivity (Wildman–Crippen MR) is 74.3 cm³/mol. The normalized spacial score (nSPS) is 25.5. The average Bonchev–Trinajstić information content (AvgIpc) is 2.57. The third kappa shape index (κ3) is 3.57. The molecule has 94 valence electrons. The minimum Gasteiger partial charge on any atom is -0.317 e. The van der Waals surface area contributed by atoms with Crippen LogP contribution in [0.5, 0.6) is 0 Å². The molecule has 2 atom stereocenters. The van der Waals surface area contributed by atoms with E-state index in [-0.39, 0.29) is 0 Å². The molecule has 1 aromatic carbocycles. The van der Waals surface area contributed by atoms with Gasteiger partial charge in [-0.1, -0.05) is 43.5 Å². The van der Waals surface area contributed by atoms with Crippen molar-refractivity contribution in [2.24, 2.45) is 5.92 Å². The van der Waals surface area contributed by atoms with Gasteiger partial charge in [0.15, 0.2) is 0 Å². The second-order valence-electron chi connectivity index (χ2n) is 5.50. The van der Waals surface area contributed by atoms with Crippen LogP contribution in [0.25, 0.3) is 0 Å². The first-order chi connectivity index (χ1) is 8.29. The summed E-state index contributed by atoms with van der Waals surface area (Å²) in [5.74, 6) is 0.871. The Labute approximate surface area is 106 Å². The van der Waals surface area contributed by atoms with Gasteiger partial charge in [0.2, 0.25) is 0 Å². The zero-order valence-electron chi connectivity index (χ0n) is 11.2. The molecular formula is C16H25N. The number of rotatable bonds is 3. The van der Waals surface area contributed by atoms with Gasteiger partial charge in [-0.15, -0.1) is 0 Å². The molecule has 0 saturated heterocycles. The van der Waals surface area contributed by atoms with Crippen molar-refractivity contribution >= 4 is 0 Å². The Morgan fingerprint density at radius 2 is 1.94 bits per heavy atom. The molecule has 0 amide bonds. The summed E-state index contributed by atoms with van der Waals surface area (Å²) in [6, 6.07) is 9.60. The molecule has 0 aromatic heterocycles. The lowest BCUT2D eigenvalue weighted by atomic mass is 9.89. The minimum atomic E-state index is 0.742. The maximum atomic E-state index is 3.47. The molecule has 1 saturated carbocycles. The number of aryl methyl sites for hydroxylation is 1. The fraction of sp³-hybridized carbons (Fsp3) is 0.625. The molecule has 1 aromatic rings. The fourth-order valence-electron chi connectivity index (χ4n) is 3.06. The summed E-state index contributed by atoms with van der Waals surface area (Å²) in [7, 11) is 2.11. The lowest BCUT2D eigenvalue weighted by Crippen LogP contribution is -2.26. The third-order valence-electron chi connectivity index (χ3n) is 4.21. The van der Waals surface area contributed by atoms with Gasteiger partial charge in [0.25, 0.3) is 0 Å². The average molecular weight is 231 g/mol. The highest BCUT2D eigenvalue weighted by atomic mass is 14.9. The van der Waals surface area contributed by atoms with E-state index in [0.717, 1.165) is 12.0 Å². The highest BCUT2D eigenvalue weighted by molar-refractivity contribution is 5.25. The fourth-order valence-corrected chi connectivity index (χ4v) is 3.06. The molecule has 1 aliphatic carbocycles. The van der Waals surface area contributed by atoms with Crippen molar-refractivity contribution in [3.05, 3.63) is 35.4 Å². The number of nitrogens with one attached hydrogen (secondary N) is 1. The molecule has 1 fully saturated rings. The quantitative estimate of drug-likeness (QED) is 0.782. The van der Waals surface area contributed by atoms with Crippen LogP contribution in [0.1, 0.15) is 43.2 Å². The Kier molecular flexibility index (Phi) is 4.61. The standard InChI is InChI=1S/C16H25N/c1-13-7-3-5-9-15(13)11-14-8-4-6-10-16(12-14)17-2/h3,5,7,9,14,16-17H,4,6,8,10-12H2,1-2H3. The van der Waals surface area contributed by atoms with Crippen LogP contribution in [0.2, 0.25) is 0 Å². The van der Waals surface area contributed by atoms with Crippen LogP contribution in [0, 0.1) is 12.8 Å². The largest absolute Gasteiger partial charge is 0.317 e. The van der Waals surface area contributed by atoms with Gasteiger partial charge in [-0.3, -0.25) is 0 Å². The molecule has 0 radical (unpaired) electrons. The molecule has 1 heteroatoms. The van der Waals surface area contributed by atoms with Crippen molar-refractivity contribution in [1.82, 2.24) is 5.32 Å². The van der Waals surface area contributed by atoms with Crippen molar-refractivity contribution in [1.29, 1.82) is 0 Å². The molecular weight excluding hydrogens is 206 g/mol. The number of benzene rings is 1. The lowest BCUT2D eigenvalue weighted by molar-refractivity contribution is 0.400. The van der Waals surface area contributed by atoms with E-state index < -0.39 is 0 Å². The molecule has 0 aliphatic heterocycles. The molecule has 1 N–H and O–H groups in total. The van der Waals surface area contributed by atoms with Crippen LogP contribution in [0.3, 0.4) is 0 Å². The summed E-state index contributed by atoms with van der Waals surface area (Å²) in [6.45, 7) is 2.24. The number of hydrogen-bond acceptors (Lipinski definition) is 1. The van der Waals surface area contributed by atoms with Crippen molar-refractivity contribution < 1.29 is 0 Å². The first-order valence-corrected chi connectivity index (χ1v) is 7.01. The molecule has 2 unspecified atom stereocenters. The van der Waals surface area contributed by atoms with Gasteiger partial charge in [0.1, 0.15) is 0 Å². The molecule has 1 aliphatic rings. The van der Waals surface area contributed by atoms with Gasteiger partial charge in [-0.2, -0.15) is 0 Å². The van der Waals surface area contributed by atoms with Crippen LogP contribution in [-0.2, 0) is 6.42 Å². The van der Waals surface area contributed by atoms with E-state index in [2.05, 4.69) is 43.6 Å². The van der Waals surface area contributed by atoms with E-state index >= 15 is 0 Å². The topological polar surface area (TPSA) is 12.0 Å². The van der Waals surface area contributed by atoms with Crippen LogP contribution >= 0.6 is 0 Å². The summed E-state index contributed by atoms with van der Waals surface area (Å²) < 4.78 is 0. The van der Waals surface area contributed by atoms with Crippen molar-refractivity contribution in [3.8, 4) is 0 Å². The molecule has 17 heavy (non-hydrogen) atoms. The summed E-state index contributed by atoms with van der Waals surface area (Å²) in [6.07, 6.45) is 8.20. The summed E-state index contributed by atoms with van der Waals surface area (Å²) in [4.78, 5) is 0. The second-order valence-corrected chi connectivity index (χ2v) is 5.50. The number of hydrogen-bond donors (Lipinski definition) is 1. The van der Waals surface area contributed by atoms with E-state index in [1.807, 2.05) is 0 Å². The maximum absolute atomic E-state index is 3.47. The van der Waals surface area contributed by atoms with E-state index in [9.17, 15) is 0 Å². The minimum absolute atomic E-state index is 0.742. The Balaban J connectivity index is 2.00. The first kappa shape index (κ1) is 12.6. The maximum Gasteiger partial charge on any atom is 0.00668 e. The molecule has 0 bridgehead atoms. The third-order valence-corrected chi connectivity index (χ3v) is 4.21. The van der Waals surface area contributed by atoms with Crippen molar-refractivity contribution in [2.75, 3.05) is 7.05 Å². The van der Waals surface area contributed by atoms with Gasteiger partial charge >= 0.3 is 0 Å².